The standard InChI is InChI=1S/C9H13FN2O2S/c1-3-7-12(2)15(13,14)9-8(10)5-4-6-11-9/h4-6H,3,7H2,1-2H3. The fourth-order valence-corrected chi connectivity index (χ4v) is 2.37. The third-order valence-electron chi connectivity index (χ3n) is 1.92. The van der Waals surface area contributed by atoms with Gasteiger partial charge in [-0.2, -0.15) is 4.31 Å². The van der Waals surface area contributed by atoms with Crippen molar-refractivity contribution >= 4 is 10.0 Å². The number of pyridine rings is 1. The first-order chi connectivity index (χ1) is 7.00. The largest absolute Gasteiger partial charge is 0.263 e. The zero-order chi connectivity index (χ0) is 11.5. The number of aromatic nitrogens is 1. The van der Waals surface area contributed by atoms with E-state index >= 15 is 0 Å². The van der Waals surface area contributed by atoms with Crippen LogP contribution in [0.1, 0.15) is 13.3 Å². The predicted molar refractivity (Wildman–Crippen MR) is 54.3 cm³/mol. The van der Waals surface area contributed by atoms with Crippen LogP contribution in [0.25, 0.3) is 0 Å². The van der Waals surface area contributed by atoms with Gasteiger partial charge in [-0.25, -0.2) is 17.8 Å². The average molecular weight is 232 g/mol. The van der Waals surface area contributed by atoms with Crippen molar-refractivity contribution in [2.24, 2.45) is 0 Å². The molecule has 0 saturated heterocycles. The number of hydrogen-bond acceptors (Lipinski definition) is 3. The molecule has 0 saturated carbocycles. The van der Waals surface area contributed by atoms with E-state index in [0.717, 1.165) is 10.4 Å². The SMILES string of the molecule is CCCN(C)S(=O)(=O)c1ncccc1F. The summed E-state index contributed by atoms with van der Waals surface area (Å²) in [7, 11) is -2.37. The highest BCUT2D eigenvalue weighted by molar-refractivity contribution is 7.89. The molecular formula is C9H13FN2O2S. The average Bonchev–Trinajstić information content (AvgIpc) is 2.18. The Kier molecular flexibility index (Phi) is 3.76. The molecule has 0 aliphatic rings. The molecule has 0 aliphatic heterocycles. The molecule has 1 aromatic rings. The van der Waals surface area contributed by atoms with Crippen molar-refractivity contribution in [3.05, 3.63) is 24.1 Å². The maximum atomic E-state index is 13.2. The Bertz CT molecular complexity index is 433. The molecule has 0 aromatic carbocycles. The Morgan fingerprint density at radius 1 is 1.53 bits per heavy atom. The number of sulfonamides is 1. The van der Waals surface area contributed by atoms with Gasteiger partial charge in [-0.15, -0.1) is 0 Å². The van der Waals surface area contributed by atoms with Crippen molar-refractivity contribution in [3.8, 4) is 0 Å². The van der Waals surface area contributed by atoms with E-state index in [1.807, 2.05) is 6.92 Å². The summed E-state index contributed by atoms with van der Waals surface area (Å²) >= 11 is 0. The summed E-state index contributed by atoms with van der Waals surface area (Å²) < 4.78 is 37.8. The van der Waals surface area contributed by atoms with E-state index in [-0.39, 0.29) is 0 Å². The Hall–Kier alpha value is -1.01. The second-order valence-electron chi connectivity index (χ2n) is 3.12. The van der Waals surface area contributed by atoms with Gasteiger partial charge in [0.25, 0.3) is 10.0 Å². The predicted octanol–water partition coefficient (Wildman–Crippen LogP) is 1.25. The minimum absolute atomic E-state index is 0.346. The van der Waals surface area contributed by atoms with E-state index in [0.29, 0.717) is 13.0 Å². The minimum Gasteiger partial charge on any atom is -0.241 e. The van der Waals surface area contributed by atoms with E-state index in [2.05, 4.69) is 4.98 Å². The summed E-state index contributed by atoms with van der Waals surface area (Å²) in [6.07, 6.45) is 1.93. The molecule has 84 valence electrons. The number of nitrogens with zero attached hydrogens (tertiary/aromatic N) is 2. The Morgan fingerprint density at radius 2 is 2.20 bits per heavy atom. The van der Waals surface area contributed by atoms with Gasteiger partial charge >= 0.3 is 0 Å². The third kappa shape index (κ3) is 2.51. The number of halogens is 1. The molecule has 0 amide bonds. The summed E-state index contributed by atoms with van der Waals surface area (Å²) in [4.78, 5) is 3.55. The van der Waals surface area contributed by atoms with Gasteiger partial charge in [-0.1, -0.05) is 6.92 Å². The van der Waals surface area contributed by atoms with Crippen LogP contribution >= 0.6 is 0 Å². The maximum absolute atomic E-state index is 13.2. The lowest BCUT2D eigenvalue weighted by Gasteiger charge is -2.15. The topological polar surface area (TPSA) is 50.3 Å². The van der Waals surface area contributed by atoms with Gasteiger partial charge in [0.2, 0.25) is 5.03 Å². The van der Waals surface area contributed by atoms with E-state index in [4.69, 9.17) is 0 Å². The normalized spacial score (nSPS) is 12.0. The Morgan fingerprint density at radius 3 is 2.73 bits per heavy atom. The van der Waals surface area contributed by atoms with Crippen LogP contribution in [0.4, 0.5) is 4.39 Å². The summed E-state index contributed by atoms with van der Waals surface area (Å²) in [5, 5.41) is -0.513. The molecule has 4 nitrogen and oxygen atoms in total. The van der Waals surface area contributed by atoms with Crippen molar-refractivity contribution in [3.63, 3.8) is 0 Å². The highest BCUT2D eigenvalue weighted by Gasteiger charge is 2.24. The lowest BCUT2D eigenvalue weighted by Crippen LogP contribution is -2.29. The zero-order valence-electron chi connectivity index (χ0n) is 8.64. The van der Waals surface area contributed by atoms with Gasteiger partial charge in [0, 0.05) is 19.8 Å². The van der Waals surface area contributed by atoms with Gasteiger partial charge in [0.1, 0.15) is 0 Å². The molecule has 0 fully saturated rings. The lowest BCUT2D eigenvalue weighted by atomic mass is 10.5. The van der Waals surface area contributed by atoms with E-state index in [9.17, 15) is 12.8 Å². The van der Waals surface area contributed by atoms with Crippen molar-refractivity contribution in [2.75, 3.05) is 13.6 Å². The van der Waals surface area contributed by atoms with Crippen molar-refractivity contribution in [1.29, 1.82) is 0 Å². The van der Waals surface area contributed by atoms with Gasteiger partial charge in [0.15, 0.2) is 5.82 Å². The summed E-state index contributed by atoms with van der Waals surface area (Å²) in [6.45, 7) is 2.19. The quantitative estimate of drug-likeness (QED) is 0.785. The molecule has 1 aromatic heterocycles. The monoisotopic (exact) mass is 232 g/mol. The molecule has 1 rings (SSSR count). The zero-order valence-corrected chi connectivity index (χ0v) is 9.46. The molecule has 0 aliphatic carbocycles. The molecule has 0 unspecified atom stereocenters. The molecule has 6 heteroatoms. The maximum Gasteiger partial charge on any atom is 0.263 e. The fraction of sp³-hybridized carbons (Fsp3) is 0.444. The first-order valence-corrected chi connectivity index (χ1v) is 6.01. The molecule has 15 heavy (non-hydrogen) atoms. The van der Waals surface area contributed by atoms with Crippen LogP contribution in [-0.2, 0) is 10.0 Å². The van der Waals surface area contributed by atoms with Crippen LogP contribution in [0.15, 0.2) is 23.4 Å². The molecule has 0 N–H and O–H groups in total. The van der Waals surface area contributed by atoms with E-state index < -0.39 is 20.9 Å². The van der Waals surface area contributed by atoms with Gasteiger partial charge in [0.05, 0.1) is 0 Å². The van der Waals surface area contributed by atoms with Crippen molar-refractivity contribution < 1.29 is 12.8 Å². The summed E-state index contributed by atoms with van der Waals surface area (Å²) in [5.41, 5.74) is 0. The summed E-state index contributed by atoms with van der Waals surface area (Å²) in [6, 6.07) is 2.44. The van der Waals surface area contributed by atoms with Crippen LogP contribution in [-0.4, -0.2) is 31.3 Å². The summed E-state index contributed by atoms with van der Waals surface area (Å²) in [5.74, 6) is -0.819. The van der Waals surface area contributed by atoms with Gasteiger partial charge in [-0.05, 0) is 18.6 Å². The molecule has 1 heterocycles. The van der Waals surface area contributed by atoms with Gasteiger partial charge in [-0.3, -0.25) is 0 Å². The highest BCUT2D eigenvalue weighted by Crippen LogP contribution is 2.14. The van der Waals surface area contributed by atoms with Crippen molar-refractivity contribution in [2.45, 2.75) is 18.4 Å². The van der Waals surface area contributed by atoms with Crippen LogP contribution < -0.4 is 0 Å². The minimum atomic E-state index is -3.78. The fourth-order valence-electron chi connectivity index (χ4n) is 1.14. The smallest absolute Gasteiger partial charge is 0.241 e. The second kappa shape index (κ2) is 4.67. The van der Waals surface area contributed by atoms with E-state index in [1.165, 1.54) is 19.3 Å². The van der Waals surface area contributed by atoms with Crippen LogP contribution in [0, 0.1) is 5.82 Å². The van der Waals surface area contributed by atoms with Crippen LogP contribution in [0.5, 0.6) is 0 Å². The molecule has 0 spiro atoms. The Labute approximate surface area is 88.8 Å². The molecule has 0 bridgehead atoms. The Balaban J connectivity index is 3.12. The highest BCUT2D eigenvalue weighted by atomic mass is 32.2. The molecule has 0 atom stereocenters. The number of rotatable bonds is 4. The first-order valence-electron chi connectivity index (χ1n) is 4.57. The number of hydrogen-bond donors (Lipinski definition) is 0. The third-order valence-corrected chi connectivity index (χ3v) is 3.71. The van der Waals surface area contributed by atoms with Crippen LogP contribution in [0.2, 0.25) is 0 Å². The van der Waals surface area contributed by atoms with Crippen LogP contribution in [0.3, 0.4) is 0 Å². The lowest BCUT2D eigenvalue weighted by molar-refractivity contribution is 0.456. The second-order valence-corrected chi connectivity index (χ2v) is 5.08. The molecular weight excluding hydrogens is 219 g/mol. The first kappa shape index (κ1) is 12.1. The van der Waals surface area contributed by atoms with Crippen molar-refractivity contribution in [1.82, 2.24) is 9.29 Å². The van der Waals surface area contributed by atoms with Gasteiger partial charge < -0.3 is 0 Å². The van der Waals surface area contributed by atoms with E-state index in [1.54, 1.807) is 0 Å². The molecule has 0 radical (unpaired) electrons.